The van der Waals surface area contributed by atoms with Gasteiger partial charge in [-0.1, -0.05) is 12.1 Å². The fraction of sp³-hybridized carbons (Fsp3) is 0.200. The number of nitrogens with two attached hydrogens (primary N) is 1. The Balaban J connectivity index is 1.95. The summed E-state index contributed by atoms with van der Waals surface area (Å²) in [5.74, 6) is 0. The minimum atomic E-state index is 0.797. The van der Waals surface area contributed by atoms with Gasteiger partial charge in [0.2, 0.25) is 0 Å². The summed E-state index contributed by atoms with van der Waals surface area (Å²) in [7, 11) is 0. The Morgan fingerprint density at radius 3 is 2.36 bits per heavy atom. The van der Waals surface area contributed by atoms with E-state index >= 15 is 0 Å². The fourth-order valence-corrected chi connectivity index (χ4v) is 1.27. The van der Waals surface area contributed by atoms with E-state index in [-0.39, 0.29) is 0 Å². The second-order valence-corrected chi connectivity index (χ2v) is 3.12. The standard InChI is InChI=1S/C10H12N4/c11-10-3-1-9(2-4-10)5-8-14-12-6-7-13-14/h1-4,6-7H,5,8,11H2. The van der Waals surface area contributed by atoms with E-state index in [1.54, 1.807) is 17.2 Å². The van der Waals surface area contributed by atoms with Gasteiger partial charge in [-0.25, -0.2) is 0 Å². The average Bonchev–Trinajstić information content (AvgIpc) is 2.70. The van der Waals surface area contributed by atoms with Crippen LogP contribution in [0.5, 0.6) is 0 Å². The molecule has 14 heavy (non-hydrogen) atoms. The van der Waals surface area contributed by atoms with Gasteiger partial charge >= 0.3 is 0 Å². The summed E-state index contributed by atoms with van der Waals surface area (Å²) in [5, 5.41) is 8.06. The topological polar surface area (TPSA) is 56.7 Å². The first kappa shape index (κ1) is 8.74. The van der Waals surface area contributed by atoms with Gasteiger partial charge in [-0.05, 0) is 24.1 Å². The van der Waals surface area contributed by atoms with Crippen LogP contribution in [0.3, 0.4) is 0 Å². The highest BCUT2D eigenvalue weighted by Gasteiger charge is 1.95. The van der Waals surface area contributed by atoms with Gasteiger partial charge in [0.05, 0.1) is 18.9 Å². The molecule has 1 aromatic heterocycles. The molecule has 0 aliphatic heterocycles. The quantitative estimate of drug-likeness (QED) is 0.734. The van der Waals surface area contributed by atoms with Crippen LogP contribution in [0.25, 0.3) is 0 Å². The van der Waals surface area contributed by atoms with Gasteiger partial charge in [0.25, 0.3) is 0 Å². The van der Waals surface area contributed by atoms with E-state index < -0.39 is 0 Å². The minimum absolute atomic E-state index is 0.797. The fourth-order valence-electron chi connectivity index (χ4n) is 1.27. The van der Waals surface area contributed by atoms with Crippen molar-refractivity contribution in [2.45, 2.75) is 13.0 Å². The van der Waals surface area contributed by atoms with Gasteiger partial charge in [0.15, 0.2) is 0 Å². The second-order valence-electron chi connectivity index (χ2n) is 3.12. The third kappa shape index (κ3) is 2.10. The summed E-state index contributed by atoms with van der Waals surface area (Å²) in [4.78, 5) is 1.68. The molecule has 4 heteroatoms. The number of nitrogens with zero attached hydrogens (tertiary/aromatic N) is 3. The van der Waals surface area contributed by atoms with Crippen LogP contribution < -0.4 is 5.73 Å². The van der Waals surface area contributed by atoms with Crippen molar-refractivity contribution in [1.29, 1.82) is 0 Å². The molecular formula is C10H12N4. The molecule has 0 amide bonds. The summed E-state index contributed by atoms with van der Waals surface area (Å²) in [6.07, 6.45) is 4.29. The van der Waals surface area contributed by atoms with Crippen LogP contribution in [-0.4, -0.2) is 15.0 Å². The van der Waals surface area contributed by atoms with Crippen molar-refractivity contribution in [3.8, 4) is 0 Å². The van der Waals surface area contributed by atoms with E-state index in [2.05, 4.69) is 10.2 Å². The predicted octanol–water partition coefficient (Wildman–Crippen LogP) is 1.10. The summed E-state index contributed by atoms with van der Waals surface area (Å²) in [6, 6.07) is 7.87. The van der Waals surface area contributed by atoms with E-state index in [0.717, 1.165) is 18.7 Å². The Bertz CT molecular complexity index is 377. The zero-order chi connectivity index (χ0) is 9.80. The molecule has 0 spiro atoms. The average molecular weight is 188 g/mol. The third-order valence-corrected chi connectivity index (χ3v) is 2.05. The number of aromatic nitrogens is 3. The Morgan fingerprint density at radius 1 is 1.07 bits per heavy atom. The molecule has 72 valence electrons. The van der Waals surface area contributed by atoms with E-state index in [4.69, 9.17) is 5.73 Å². The van der Waals surface area contributed by atoms with Gasteiger partial charge in [0.1, 0.15) is 0 Å². The Morgan fingerprint density at radius 2 is 1.71 bits per heavy atom. The molecule has 0 unspecified atom stereocenters. The second kappa shape index (κ2) is 3.91. The van der Waals surface area contributed by atoms with Crippen LogP contribution in [0.2, 0.25) is 0 Å². The first-order valence-electron chi connectivity index (χ1n) is 4.53. The number of rotatable bonds is 3. The number of hydrogen-bond donors (Lipinski definition) is 1. The predicted molar refractivity (Wildman–Crippen MR) is 54.6 cm³/mol. The summed E-state index contributed by atoms with van der Waals surface area (Å²) < 4.78 is 0. The number of aryl methyl sites for hydroxylation is 2. The summed E-state index contributed by atoms with van der Waals surface area (Å²) in [6.45, 7) is 0.802. The molecule has 4 nitrogen and oxygen atoms in total. The minimum Gasteiger partial charge on any atom is -0.399 e. The lowest BCUT2D eigenvalue weighted by atomic mass is 10.1. The first-order valence-corrected chi connectivity index (χ1v) is 4.53. The molecule has 2 N–H and O–H groups in total. The van der Waals surface area contributed by atoms with Crippen molar-refractivity contribution >= 4 is 5.69 Å². The zero-order valence-corrected chi connectivity index (χ0v) is 7.80. The molecule has 1 heterocycles. The molecule has 2 rings (SSSR count). The molecule has 2 aromatic rings. The van der Waals surface area contributed by atoms with Crippen molar-refractivity contribution < 1.29 is 0 Å². The molecule has 0 aliphatic rings. The number of benzene rings is 1. The van der Waals surface area contributed by atoms with Crippen LogP contribution >= 0.6 is 0 Å². The van der Waals surface area contributed by atoms with Gasteiger partial charge in [-0.2, -0.15) is 15.0 Å². The SMILES string of the molecule is Nc1ccc(CCn2nccn2)cc1. The van der Waals surface area contributed by atoms with Crippen molar-refractivity contribution in [2.24, 2.45) is 0 Å². The zero-order valence-electron chi connectivity index (χ0n) is 7.80. The smallest absolute Gasteiger partial charge is 0.0693 e. The van der Waals surface area contributed by atoms with Crippen molar-refractivity contribution in [3.05, 3.63) is 42.2 Å². The van der Waals surface area contributed by atoms with Gasteiger partial charge in [0, 0.05) is 5.69 Å². The van der Waals surface area contributed by atoms with Gasteiger partial charge < -0.3 is 5.73 Å². The summed E-state index contributed by atoms with van der Waals surface area (Å²) >= 11 is 0. The van der Waals surface area contributed by atoms with Gasteiger partial charge in [-0.15, -0.1) is 0 Å². The number of hydrogen-bond acceptors (Lipinski definition) is 3. The monoisotopic (exact) mass is 188 g/mol. The molecule has 0 saturated heterocycles. The maximum Gasteiger partial charge on any atom is 0.0693 e. The van der Waals surface area contributed by atoms with Crippen LogP contribution in [-0.2, 0) is 13.0 Å². The number of anilines is 1. The third-order valence-electron chi connectivity index (χ3n) is 2.05. The molecule has 0 atom stereocenters. The largest absolute Gasteiger partial charge is 0.399 e. The highest BCUT2D eigenvalue weighted by Crippen LogP contribution is 2.06. The molecule has 0 aliphatic carbocycles. The molecule has 0 fully saturated rings. The van der Waals surface area contributed by atoms with Crippen LogP contribution in [0.4, 0.5) is 5.69 Å². The van der Waals surface area contributed by atoms with Crippen molar-refractivity contribution in [2.75, 3.05) is 5.73 Å². The van der Waals surface area contributed by atoms with Crippen molar-refractivity contribution in [1.82, 2.24) is 15.0 Å². The molecule has 0 radical (unpaired) electrons. The Hall–Kier alpha value is -1.84. The molecule has 0 saturated carbocycles. The van der Waals surface area contributed by atoms with Crippen LogP contribution in [0.15, 0.2) is 36.7 Å². The highest BCUT2D eigenvalue weighted by atomic mass is 15.5. The molecular weight excluding hydrogens is 176 g/mol. The lowest BCUT2D eigenvalue weighted by molar-refractivity contribution is 0.537. The van der Waals surface area contributed by atoms with E-state index in [1.165, 1.54) is 5.56 Å². The maximum absolute atomic E-state index is 5.59. The van der Waals surface area contributed by atoms with Gasteiger partial charge in [-0.3, -0.25) is 0 Å². The first-order chi connectivity index (χ1) is 6.84. The number of nitrogen functional groups attached to an aromatic ring is 1. The van der Waals surface area contributed by atoms with Crippen LogP contribution in [0, 0.1) is 0 Å². The van der Waals surface area contributed by atoms with Crippen LogP contribution in [0.1, 0.15) is 5.56 Å². The van der Waals surface area contributed by atoms with E-state index in [9.17, 15) is 0 Å². The Labute approximate surface area is 82.4 Å². The molecule has 0 bridgehead atoms. The maximum atomic E-state index is 5.59. The highest BCUT2D eigenvalue weighted by molar-refractivity contribution is 5.39. The Kier molecular flexibility index (Phi) is 2.44. The van der Waals surface area contributed by atoms with E-state index in [0.29, 0.717) is 0 Å². The lowest BCUT2D eigenvalue weighted by Crippen LogP contribution is -2.04. The van der Waals surface area contributed by atoms with E-state index in [1.807, 2.05) is 24.3 Å². The lowest BCUT2D eigenvalue weighted by Gasteiger charge is -2.01. The normalized spacial score (nSPS) is 10.3. The molecule has 1 aromatic carbocycles. The van der Waals surface area contributed by atoms with Crippen molar-refractivity contribution in [3.63, 3.8) is 0 Å². The summed E-state index contributed by atoms with van der Waals surface area (Å²) in [5.41, 5.74) is 7.63.